The number of pyridine rings is 1. The van der Waals surface area contributed by atoms with Crippen molar-refractivity contribution >= 4 is 29.8 Å². The third kappa shape index (κ3) is 8.89. The number of nitrogens with zero attached hydrogens (tertiary/aromatic N) is 3. The van der Waals surface area contributed by atoms with Crippen molar-refractivity contribution in [2.45, 2.75) is 45.9 Å². The number of nitrogens with two attached hydrogens (primary N) is 1. The molecule has 0 fully saturated rings. The van der Waals surface area contributed by atoms with Gasteiger partial charge >= 0.3 is 5.97 Å². The summed E-state index contributed by atoms with van der Waals surface area (Å²) < 4.78 is 39.3. The molecule has 12 heteroatoms. The molecule has 3 aromatic rings. The Bertz CT molecular complexity index is 1280. The number of anilines is 1. The second kappa shape index (κ2) is 13.9. The van der Waals surface area contributed by atoms with Gasteiger partial charge in [-0.05, 0) is 66.1 Å². The van der Waals surface area contributed by atoms with Crippen molar-refractivity contribution in [1.29, 1.82) is 0 Å². The second-order valence-electron chi connectivity index (χ2n) is 9.65. The number of hydrogen-bond donors (Lipinski definition) is 1. The van der Waals surface area contributed by atoms with Crippen LogP contribution in [0.5, 0.6) is 10.8 Å². The lowest BCUT2D eigenvalue weighted by Gasteiger charge is -2.19. The molecule has 0 saturated carbocycles. The lowest BCUT2D eigenvalue weighted by Crippen LogP contribution is -2.17. The van der Waals surface area contributed by atoms with Crippen molar-refractivity contribution in [3.05, 3.63) is 53.1 Å². The standard InChI is InChI=1S/C22H25FN4O4S.C5H10O2/c1-12(16-9-14(23)6-7-15(16)21(28)29-4)31-18-8-13(10-25-20(18)24)19-17(11-27(2)3)26-32-22(19)30-5;1-5(2,3)7-4-6/h6-10,12H,11H2,1-5H3,(H2,24,25);4H,1-3H3. The molecule has 0 bridgehead atoms. The smallest absolute Gasteiger partial charge is 0.338 e. The Morgan fingerprint density at radius 2 is 1.92 bits per heavy atom. The molecule has 0 saturated heterocycles. The van der Waals surface area contributed by atoms with E-state index in [0.717, 1.165) is 16.8 Å². The normalized spacial score (nSPS) is 11.7. The van der Waals surface area contributed by atoms with Gasteiger partial charge in [0.2, 0.25) is 5.06 Å². The largest absolute Gasteiger partial charge is 0.486 e. The summed E-state index contributed by atoms with van der Waals surface area (Å²) in [5.41, 5.74) is 8.64. The van der Waals surface area contributed by atoms with E-state index in [1.165, 1.54) is 36.8 Å². The Labute approximate surface area is 232 Å². The number of aromatic nitrogens is 2. The molecule has 0 spiro atoms. The van der Waals surface area contributed by atoms with Crippen LogP contribution in [0.15, 0.2) is 30.5 Å². The zero-order valence-corrected chi connectivity index (χ0v) is 24.2. The van der Waals surface area contributed by atoms with Crippen LogP contribution in [-0.2, 0) is 20.8 Å². The molecule has 10 nitrogen and oxygen atoms in total. The number of ether oxygens (including phenoxy) is 4. The molecule has 0 radical (unpaired) electrons. The molecular formula is C27H35FN4O6S. The van der Waals surface area contributed by atoms with E-state index in [9.17, 15) is 14.0 Å². The lowest BCUT2D eigenvalue weighted by molar-refractivity contribution is -0.138. The summed E-state index contributed by atoms with van der Waals surface area (Å²) in [5.74, 6) is -0.629. The van der Waals surface area contributed by atoms with Gasteiger partial charge in [-0.3, -0.25) is 4.79 Å². The number of rotatable bonds is 9. The van der Waals surface area contributed by atoms with E-state index in [2.05, 4.69) is 14.1 Å². The summed E-state index contributed by atoms with van der Waals surface area (Å²) in [5, 5.41) is 0.644. The molecule has 0 aliphatic heterocycles. The fourth-order valence-corrected chi connectivity index (χ4v) is 4.13. The predicted molar refractivity (Wildman–Crippen MR) is 147 cm³/mol. The van der Waals surface area contributed by atoms with Gasteiger partial charge in [0.25, 0.3) is 6.47 Å². The highest BCUT2D eigenvalue weighted by atomic mass is 32.1. The first kappa shape index (κ1) is 31.4. The first-order valence-corrected chi connectivity index (χ1v) is 12.7. The van der Waals surface area contributed by atoms with Crippen molar-refractivity contribution in [1.82, 2.24) is 14.3 Å². The molecular weight excluding hydrogens is 527 g/mol. The lowest BCUT2D eigenvalue weighted by atomic mass is 10.0. The zero-order chi connectivity index (χ0) is 29.3. The Hall–Kier alpha value is -3.77. The molecule has 1 aromatic carbocycles. The number of hydrogen-bond acceptors (Lipinski definition) is 11. The first-order chi connectivity index (χ1) is 18.3. The van der Waals surface area contributed by atoms with E-state index in [1.807, 2.05) is 39.8 Å². The van der Waals surface area contributed by atoms with Gasteiger partial charge in [-0.15, -0.1) is 0 Å². The minimum Gasteiger partial charge on any atom is -0.486 e. The van der Waals surface area contributed by atoms with Crippen LogP contribution in [0.3, 0.4) is 0 Å². The minimum absolute atomic E-state index is 0.160. The number of nitrogen functional groups attached to an aromatic ring is 1. The van der Waals surface area contributed by atoms with E-state index in [0.29, 0.717) is 29.4 Å². The quantitative estimate of drug-likeness (QED) is 0.285. The molecule has 39 heavy (non-hydrogen) atoms. The Morgan fingerprint density at radius 3 is 2.46 bits per heavy atom. The summed E-state index contributed by atoms with van der Waals surface area (Å²) in [6, 6.07) is 5.54. The van der Waals surface area contributed by atoms with Crippen molar-refractivity contribution in [3.8, 4) is 21.9 Å². The Balaban J connectivity index is 0.000000673. The maximum Gasteiger partial charge on any atom is 0.338 e. The highest BCUT2D eigenvalue weighted by Gasteiger charge is 2.22. The molecule has 0 aliphatic carbocycles. The van der Waals surface area contributed by atoms with Gasteiger partial charge in [-0.2, -0.15) is 4.37 Å². The van der Waals surface area contributed by atoms with Gasteiger partial charge in [0.15, 0.2) is 11.6 Å². The summed E-state index contributed by atoms with van der Waals surface area (Å²) in [7, 11) is 6.74. The van der Waals surface area contributed by atoms with Gasteiger partial charge in [0.05, 0.1) is 31.0 Å². The van der Waals surface area contributed by atoms with Gasteiger partial charge in [0.1, 0.15) is 17.5 Å². The molecule has 0 aliphatic rings. The minimum atomic E-state index is -0.706. The highest BCUT2D eigenvalue weighted by Crippen LogP contribution is 2.40. The van der Waals surface area contributed by atoms with Crippen LogP contribution in [0.1, 0.15) is 55.4 Å². The summed E-state index contributed by atoms with van der Waals surface area (Å²) >= 11 is 1.25. The van der Waals surface area contributed by atoms with Crippen molar-refractivity contribution in [2.24, 2.45) is 0 Å². The SMILES string of the molecule is CC(C)(C)OC=O.COC(=O)c1ccc(F)cc1C(C)Oc1cc(-c2c(CN(C)C)nsc2OC)cnc1N. The predicted octanol–water partition coefficient (Wildman–Crippen LogP) is 4.88. The van der Waals surface area contributed by atoms with Crippen LogP contribution in [-0.4, -0.2) is 60.6 Å². The number of methoxy groups -OCH3 is 2. The number of halogens is 1. The number of carbonyl (C=O) groups excluding carboxylic acids is 2. The second-order valence-corrected chi connectivity index (χ2v) is 10.4. The van der Waals surface area contributed by atoms with Crippen LogP contribution in [0, 0.1) is 5.82 Å². The average Bonchev–Trinajstić information content (AvgIpc) is 3.26. The number of benzene rings is 1. The maximum absolute atomic E-state index is 13.9. The highest BCUT2D eigenvalue weighted by molar-refractivity contribution is 7.08. The van der Waals surface area contributed by atoms with Gasteiger partial charge < -0.3 is 29.6 Å². The third-order valence-corrected chi connectivity index (χ3v) is 5.96. The fraction of sp³-hybridized carbons (Fsp3) is 0.407. The van der Waals surface area contributed by atoms with Crippen molar-refractivity contribution in [3.63, 3.8) is 0 Å². The summed E-state index contributed by atoms with van der Waals surface area (Å²) in [6.45, 7) is 8.22. The third-order valence-electron chi connectivity index (χ3n) is 5.12. The summed E-state index contributed by atoms with van der Waals surface area (Å²) in [6.07, 6.45) is 0.920. The van der Waals surface area contributed by atoms with Gasteiger partial charge in [0, 0.05) is 35.4 Å². The molecule has 2 aromatic heterocycles. The topological polar surface area (TPSA) is 126 Å². The van der Waals surface area contributed by atoms with E-state index < -0.39 is 17.9 Å². The van der Waals surface area contributed by atoms with Crippen LogP contribution in [0.4, 0.5) is 10.2 Å². The van der Waals surface area contributed by atoms with Crippen LogP contribution < -0.4 is 15.2 Å². The molecule has 1 unspecified atom stereocenters. The molecule has 0 amide bonds. The van der Waals surface area contributed by atoms with E-state index in [-0.39, 0.29) is 17.0 Å². The monoisotopic (exact) mass is 562 g/mol. The number of esters is 1. The maximum atomic E-state index is 13.9. The van der Waals surface area contributed by atoms with Gasteiger partial charge in [-0.25, -0.2) is 14.2 Å². The first-order valence-electron chi connectivity index (χ1n) is 11.9. The van der Waals surface area contributed by atoms with Crippen LogP contribution in [0.25, 0.3) is 11.1 Å². The molecule has 212 valence electrons. The fourth-order valence-electron chi connectivity index (χ4n) is 3.39. The van der Waals surface area contributed by atoms with E-state index in [4.69, 9.17) is 19.9 Å². The average molecular weight is 563 g/mol. The number of carbonyl (C=O) groups is 2. The summed E-state index contributed by atoms with van der Waals surface area (Å²) in [4.78, 5) is 28.0. The Morgan fingerprint density at radius 1 is 1.23 bits per heavy atom. The van der Waals surface area contributed by atoms with Crippen molar-refractivity contribution in [2.75, 3.05) is 34.0 Å². The van der Waals surface area contributed by atoms with E-state index in [1.54, 1.807) is 26.3 Å². The van der Waals surface area contributed by atoms with Gasteiger partial charge in [-0.1, -0.05) is 0 Å². The van der Waals surface area contributed by atoms with Crippen molar-refractivity contribution < 1.29 is 32.9 Å². The van der Waals surface area contributed by atoms with E-state index >= 15 is 0 Å². The molecule has 3 rings (SSSR count). The molecule has 1 atom stereocenters. The van der Waals surface area contributed by atoms with Crippen LogP contribution in [0.2, 0.25) is 0 Å². The zero-order valence-electron chi connectivity index (χ0n) is 23.4. The molecule has 2 heterocycles. The Kier molecular flexibility index (Phi) is 11.2. The molecule has 2 N–H and O–H groups in total. The van der Waals surface area contributed by atoms with Crippen LogP contribution >= 0.6 is 11.5 Å².